The van der Waals surface area contributed by atoms with Crippen LogP contribution < -0.4 is 11.1 Å². The molecule has 1 aromatic carbocycles. The lowest BCUT2D eigenvalue weighted by atomic mass is 10.2. The third-order valence-corrected chi connectivity index (χ3v) is 3.84. The Morgan fingerprint density at radius 2 is 2.26 bits per heavy atom. The monoisotopic (exact) mass is 275 g/mol. The number of hydrogen-bond donors (Lipinski definition) is 3. The number of thiazole rings is 1. The highest BCUT2D eigenvalue weighted by Gasteiger charge is 2.26. The zero-order valence-corrected chi connectivity index (χ0v) is 10.9. The summed E-state index contributed by atoms with van der Waals surface area (Å²) >= 11 is 1.51. The predicted octanol–water partition coefficient (Wildman–Crippen LogP) is 3.04. The van der Waals surface area contributed by atoms with Gasteiger partial charge in [-0.15, -0.1) is 11.3 Å². The Morgan fingerprint density at radius 1 is 1.47 bits per heavy atom. The minimum atomic E-state index is -0.971. The quantitative estimate of drug-likeness (QED) is 0.746. The number of rotatable bonds is 4. The summed E-state index contributed by atoms with van der Waals surface area (Å²) in [5, 5.41) is 14.8. The van der Waals surface area contributed by atoms with Crippen LogP contribution in [-0.4, -0.2) is 16.1 Å². The van der Waals surface area contributed by atoms with Gasteiger partial charge in [-0.25, -0.2) is 9.78 Å². The summed E-state index contributed by atoms with van der Waals surface area (Å²) in [6.07, 6.45) is 2.42. The molecule has 6 heteroatoms. The van der Waals surface area contributed by atoms with Crippen LogP contribution in [0.1, 0.15) is 34.8 Å². The molecule has 0 bridgehead atoms. The number of anilines is 3. The van der Waals surface area contributed by atoms with Crippen molar-refractivity contribution in [3.63, 3.8) is 0 Å². The predicted molar refractivity (Wildman–Crippen MR) is 75.2 cm³/mol. The summed E-state index contributed by atoms with van der Waals surface area (Å²) in [4.78, 5) is 15.4. The van der Waals surface area contributed by atoms with Crippen molar-refractivity contribution in [2.45, 2.75) is 18.8 Å². The molecule has 1 saturated carbocycles. The first-order chi connectivity index (χ1) is 9.13. The van der Waals surface area contributed by atoms with Gasteiger partial charge in [0, 0.05) is 11.3 Å². The van der Waals surface area contributed by atoms with Crippen LogP contribution in [0.2, 0.25) is 0 Å². The number of carbonyl (C=O) groups is 1. The van der Waals surface area contributed by atoms with E-state index in [0.29, 0.717) is 17.3 Å². The summed E-state index contributed by atoms with van der Waals surface area (Å²) in [5.41, 5.74) is 8.24. The average molecular weight is 275 g/mol. The van der Waals surface area contributed by atoms with Crippen LogP contribution >= 0.6 is 11.3 Å². The number of carboxylic acids is 1. The summed E-state index contributed by atoms with van der Waals surface area (Å²) in [5.74, 6) is -0.365. The van der Waals surface area contributed by atoms with Crippen molar-refractivity contribution in [3.05, 3.63) is 34.8 Å². The number of nitrogens with one attached hydrogen (secondary N) is 1. The number of nitrogens with two attached hydrogens (primary N) is 1. The molecule has 0 atom stereocenters. The van der Waals surface area contributed by atoms with Gasteiger partial charge < -0.3 is 16.2 Å². The largest absolute Gasteiger partial charge is 0.478 e. The Morgan fingerprint density at radius 3 is 2.95 bits per heavy atom. The second kappa shape index (κ2) is 4.55. The van der Waals surface area contributed by atoms with Crippen molar-refractivity contribution in [1.82, 2.24) is 4.98 Å². The Balaban J connectivity index is 1.84. The molecule has 0 unspecified atom stereocenters. The number of nitrogens with zero attached hydrogens (tertiary/aromatic N) is 1. The van der Waals surface area contributed by atoms with E-state index in [2.05, 4.69) is 10.3 Å². The van der Waals surface area contributed by atoms with Crippen molar-refractivity contribution in [2.75, 3.05) is 11.1 Å². The first kappa shape index (κ1) is 12.0. The molecule has 2 aromatic rings. The summed E-state index contributed by atoms with van der Waals surface area (Å²) in [6.45, 7) is 0. The van der Waals surface area contributed by atoms with Gasteiger partial charge in [-0.3, -0.25) is 0 Å². The highest BCUT2D eigenvalue weighted by molar-refractivity contribution is 7.13. The summed E-state index contributed by atoms with van der Waals surface area (Å²) in [6, 6.07) is 4.59. The normalized spacial score (nSPS) is 14.3. The molecular formula is C13H13N3O2S. The lowest BCUT2D eigenvalue weighted by Crippen LogP contribution is -2.01. The molecule has 19 heavy (non-hydrogen) atoms. The molecule has 0 spiro atoms. The van der Waals surface area contributed by atoms with Crippen molar-refractivity contribution >= 4 is 33.8 Å². The molecule has 0 aliphatic heterocycles. The van der Waals surface area contributed by atoms with Crippen LogP contribution in [0, 0.1) is 0 Å². The minimum absolute atomic E-state index is 0.204. The van der Waals surface area contributed by atoms with E-state index >= 15 is 0 Å². The SMILES string of the molecule is Nc1ccc(C(=O)O)cc1Nc1nc(C2CC2)cs1. The average Bonchev–Trinajstić information content (AvgIpc) is 3.13. The Labute approximate surface area is 114 Å². The van der Waals surface area contributed by atoms with Gasteiger partial charge in [0.1, 0.15) is 0 Å². The fraction of sp³-hybridized carbons (Fsp3) is 0.231. The van der Waals surface area contributed by atoms with Crippen LogP contribution in [-0.2, 0) is 0 Å². The lowest BCUT2D eigenvalue weighted by molar-refractivity contribution is 0.0697. The van der Waals surface area contributed by atoms with Gasteiger partial charge in [0.15, 0.2) is 5.13 Å². The molecule has 3 rings (SSSR count). The molecule has 4 N–H and O–H groups in total. The van der Waals surface area contributed by atoms with Crippen LogP contribution in [0.4, 0.5) is 16.5 Å². The molecule has 1 aliphatic carbocycles. The van der Waals surface area contributed by atoms with E-state index in [-0.39, 0.29) is 5.56 Å². The van der Waals surface area contributed by atoms with Gasteiger partial charge in [0.2, 0.25) is 0 Å². The highest BCUT2D eigenvalue weighted by atomic mass is 32.1. The number of aromatic nitrogens is 1. The number of carboxylic acid groups (broad SMARTS) is 1. The van der Waals surface area contributed by atoms with Crippen molar-refractivity contribution in [2.24, 2.45) is 0 Å². The molecule has 1 aromatic heterocycles. The van der Waals surface area contributed by atoms with E-state index in [0.717, 1.165) is 10.8 Å². The molecule has 1 aliphatic rings. The van der Waals surface area contributed by atoms with Crippen LogP contribution in [0.25, 0.3) is 0 Å². The van der Waals surface area contributed by atoms with Gasteiger partial charge in [-0.2, -0.15) is 0 Å². The molecule has 5 nitrogen and oxygen atoms in total. The van der Waals surface area contributed by atoms with Crippen molar-refractivity contribution < 1.29 is 9.90 Å². The molecular weight excluding hydrogens is 262 g/mol. The lowest BCUT2D eigenvalue weighted by Gasteiger charge is -2.07. The minimum Gasteiger partial charge on any atom is -0.478 e. The second-order valence-corrected chi connectivity index (χ2v) is 5.44. The van der Waals surface area contributed by atoms with Gasteiger partial charge >= 0.3 is 5.97 Å². The Kier molecular flexibility index (Phi) is 2.87. The van der Waals surface area contributed by atoms with E-state index in [4.69, 9.17) is 10.8 Å². The number of nitrogen functional groups attached to an aromatic ring is 1. The maximum absolute atomic E-state index is 10.9. The summed E-state index contributed by atoms with van der Waals surface area (Å²) in [7, 11) is 0. The molecule has 0 amide bonds. The maximum atomic E-state index is 10.9. The fourth-order valence-electron chi connectivity index (χ4n) is 1.82. The van der Waals surface area contributed by atoms with Crippen LogP contribution in [0.5, 0.6) is 0 Å². The third-order valence-electron chi connectivity index (χ3n) is 3.06. The number of aromatic carboxylic acids is 1. The van der Waals surface area contributed by atoms with E-state index in [1.165, 1.54) is 36.3 Å². The maximum Gasteiger partial charge on any atom is 0.335 e. The first-order valence-corrected chi connectivity index (χ1v) is 6.86. The van der Waals surface area contributed by atoms with Gasteiger partial charge in [0.25, 0.3) is 0 Å². The molecule has 98 valence electrons. The highest BCUT2D eigenvalue weighted by Crippen LogP contribution is 2.41. The number of benzene rings is 1. The molecule has 0 saturated heterocycles. The van der Waals surface area contributed by atoms with E-state index < -0.39 is 5.97 Å². The Hall–Kier alpha value is -2.08. The van der Waals surface area contributed by atoms with E-state index in [1.54, 1.807) is 6.07 Å². The van der Waals surface area contributed by atoms with E-state index in [9.17, 15) is 4.79 Å². The van der Waals surface area contributed by atoms with Gasteiger partial charge in [0.05, 0.1) is 22.6 Å². The van der Waals surface area contributed by atoms with E-state index in [1.807, 2.05) is 5.38 Å². The van der Waals surface area contributed by atoms with Crippen LogP contribution in [0.3, 0.4) is 0 Å². The topological polar surface area (TPSA) is 88.2 Å². The summed E-state index contributed by atoms with van der Waals surface area (Å²) < 4.78 is 0. The smallest absolute Gasteiger partial charge is 0.335 e. The molecule has 1 heterocycles. The Bertz CT molecular complexity index is 635. The van der Waals surface area contributed by atoms with Crippen molar-refractivity contribution in [1.29, 1.82) is 0 Å². The zero-order chi connectivity index (χ0) is 13.4. The van der Waals surface area contributed by atoms with Crippen LogP contribution in [0.15, 0.2) is 23.6 Å². The third kappa shape index (κ3) is 2.53. The van der Waals surface area contributed by atoms with Crippen molar-refractivity contribution in [3.8, 4) is 0 Å². The van der Waals surface area contributed by atoms with Gasteiger partial charge in [-0.1, -0.05) is 0 Å². The molecule has 1 fully saturated rings. The second-order valence-electron chi connectivity index (χ2n) is 4.58. The molecule has 0 radical (unpaired) electrons. The fourth-order valence-corrected chi connectivity index (χ4v) is 2.63. The number of hydrogen-bond acceptors (Lipinski definition) is 5. The first-order valence-electron chi connectivity index (χ1n) is 5.99. The zero-order valence-electron chi connectivity index (χ0n) is 10.1. The standard InChI is InChI=1S/C13H13N3O2S/c14-9-4-3-8(12(17)18)5-10(9)15-13-16-11(6-19-13)7-1-2-7/h3-7H,1-2,14H2,(H,15,16)(H,17,18). The van der Waals surface area contributed by atoms with Gasteiger partial charge in [-0.05, 0) is 31.0 Å².